The van der Waals surface area contributed by atoms with Crippen molar-refractivity contribution in [2.75, 3.05) is 36.4 Å². The molecule has 1 aliphatic heterocycles. The van der Waals surface area contributed by atoms with Gasteiger partial charge in [-0.2, -0.15) is 0 Å². The van der Waals surface area contributed by atoms with E-state index in [1.165, 1.54) is 0 Å². The second-order valence-corrected chi connectivity index (χ2v) is 9.48. The third kappa shape index (κ3) is 5.47. The molecular formula is C30H28N4O2S. The molecule has 0 unspecified atom stereocenters. The molecule has 0 bridgehead atoms. The van der Waals surface area contributed by atoms with Crippen LogP contribution in [-0.4, -0.2) is 48.0 Å². The molecule has 1 heterocycles. The minimum atomic E-state index is -0.246. The van der Waals surface area contributed by atoms with Crippen LogP contribution in [0, 0.1) is 6.92 Å². The maximum absolute atomic E-state index is 12.9. The van der Waals surface area contributed by atoms with E-state index < -0.39 is 0 Å². The van der Waals surface area contributed by atoms with E-state index in [-0.39, 0.29) is 16.9 Å². The van der Waals surface area contributed by atoms with E-state index in [1.54, 1.807) is 6.07 Å². The molecule has 2 N–H and O–H groups in total. The van der Waals surface area contributed by atoms with Gasteiger partial charge in [-0.15, -0.1) is 0 Å². The number of carbonyl (C=O) groups is 2. The molecule has 4 aromatic carbocycles. The minimum Gasteiger partial charge on any atom is -0.368 e. The molecule has 1 aliphatic rings. The Morgan fingerprint density at radius 3 is 2.16 bits per heavy atom. The number of hydrogen-bond donors (Lipinski definition) is 2. The highest BCUT2D eigenvalue weighted by molar-refractivity contribution is 7.80. The second kappa shape index (κ2) is 10.8. The molecular weight excluding hydrogens is 480 g/mol. The maximum atomic E-state index is 12.9. The number of fused-ring (bicyclic) bond motifs is 1. The van der Waals surface area contributed by atoms with Crippen LogP contribution in [0.2, 0.25) is 0 Å². The number of benzene rings is 4. The van der Waals surface area contributed by atoms with Crippen molar-refractivity contribution < 1.29 is 9.59 Å². The summed E-state index contributed by atoms with van der Waals surface area (Å²) in [6.45, 7) is 4.86. The fraction of sp³-hybridized carbons (Fsp3) is 0.167. The first-order chi connectivity index (χ1) is 18.0. The maximum Gasteiger partial charge on any atom is 0.258 e. The molecule has 6 nitrogen and oxygen atoms in total. The minimum absolute atomic E-state index is 0.0938. The first-order valence-electron chi connectivity index (χ1n) is 12.3. The van der Waals surface area contributed by atoms with E-state index in [4.69, 9.17) is 12.2 Å². The van der Waals surface area contributed by atoms with Crippen LogP contribution in [-0.2, 0) is 0 Å². The Morgan fingerprint density at radius 1 is 0.757 bits per heavy atom. The lowest BCUT2D eigenvalue weighted by Gasteiger charge is -2.36. The zero-order chi connectivity index (χ0) is 25.8. The van der Waals surface area contributed by atoms with Crippen molar-refractivity contribution in [2.45, 2.75) is 6.92 Å². The average molecular weight is 509 g/mol. The highest BCUT2D eigenvalue weighted by Gasteiger charge is 2.23. The van der Waals surface area contributed by atoms with Crippen molar-refractivity contribution in [3.63, 3.8) is 0 Å². The van der Waals surface area contributed by atoms with Gasteiger partial charge in [0.2, 0.25) is 0 Å². The van der Waals surface area contributed by atoms with Crippen molar-refractivity contribution in [3.8, 4) is 0 Å². The van der Waals surface area contributed by atoms with Crippen molar-refractivity contribution >= 4 is 51.3 Å². The van der Waals surface area contributed by atoms with Crippen molar-refractivity contribution in [1.29, 1.82) is 0 Å². The second-order valence-electron chi connectivity index (χ2n) is 9.08. The van der Waals surface area contributed by atoms with E-state index in [0.29, 0.717) is 18.7 Å². The van der Waals surface area contributed by atoms with Crippen LogP contribution in [0.3, 0.4) is 0 Å². The lowest BCUT2D eigenvalue weighted by Crippen LogP contribution is -2.48. The quantitative estimate of drug-likeness (QED) is 0.369. The predicted octanol–water partition coefficient (Wildman–Crippen LogP) is 5.24. The molecule has 0 atom stereocenters. The lowest BCUT2D eigenvalue weighted by atomic mass is 10.0. The standard InChI is InChI=1S/C30H28N4O2S/c1-21-7-2-4-10-25(21)29(36)34-19-17-33(18-20-34)24-15-13-23(14-16-24)31-30(37)32-28(35)27-12-6-9-22-8-3-5-11-26(22)27/h2-16H,17-20H2,1H3,(H2,31,32,35,37). The van der Waals surface area contributed by atoms with Crippen LogP contribution in [0.25, 0.3) is 10.8 Å². The monoisotopic (exact) mass is 508 g/mol. The number of carbonyl (C=O) groups excluding carboxylic acids is 2. The summed E-state index contributed by atoms with van der Waals surface area (Å²) < 4.78 is 0. The molecule has 0 aromatic heterocycles. The van der Waals surface area contributed by atoms with Gasteiger partial charge in [-0.05, 0) is 71.9 Å². The number of thiocarbonyl (C=S) groups is 1. The number of aryl methyl sites for hydroxylation is 1. The Balaban J connectivity index is 1.15. The predicted molar refractivity (Wildman–Crippen MR) is 153 cm³/mol. The molecule has 186 valence electrons. The van der Waals surface area contributed by atoms with Gasteiger partial charge in [-0.1, -0.05) is 54.6 Å². The Morgan fingerprint density at radius 2 is 1.41 bits per heavy atom. The van der Waals surface area contributed by atoms with Gasteiger partial charge in [0, 0.05) is 48.7 Å². The van der Waals surface area contributed by atoms with Crippen LogP contribution >= 0.6 is 12.2 Å². The SMILES string of the molecule is Cc1ccccc1C(=O)N1CCN(c2ccc(NC(=S)NC(=O)c3cccc4ccccc34)cc2)CC1. The highest BCUT2D eigenvalue weighted by Crippen LogP contribution is 2.21. The normalized spacial score (nSPS) is 13.3. The number of nitrogens with zero attached hydrogens (tertiary/aromatic N) is 2. The molecule has 2 amide bonds. The third-order valence-electron chi connectivity index (χ3n) is 6.69. The summed E-state index contributed by atoms with van der Waals surface area (Å²) in [5.74, 6) is -0.152. The Bertz CT molecular complexity index is 1450. The summed E-state index contributed by atoms with van der Waals surface area (Å²) >= 11 is 5.39. The zero-order valence-electron chi connectivity index (χ0n) is 20.6. The summed E-state index contributed by atoms with van der Waals surface area (Å²) in [7, 11) is 0. The summed E-state index contributed by atoms with van der Waals surface area (Å²) in [6, 6.07) is 29.1. The lowest BCUT2D eigenvalue weighted by molar-refractivity contribution is 0.0746. The van der Waals surface area contributed by atoms with Crippen LogP contribution in [0.1, 0.15) is 26.3 Å². The van der Waals surface area contributed by atoms with E-state index >= 15 is 0 Å². The number of anilines is 2. The number of nitrogens with one attached hydrogen (secondary N) is 2. The first-order valence-corrected chi connectivity index (χ1v) is 12.7. The summed E-state index contributed by atoms with van der Waals surface area (Å²) in [6.07, 6.45) is 0. The molecule has 5 rings (SSSR count). The van der Waals surface area contributed by atoms with Crippen molar-refractivity contribution in [2.24, 2.45) is 0 Å². The Hall–Kier alpha value is -4.23. The molecule has 37 heavy (non-hydrogen) atoms. The van der Waals surface area contributed by atoms with E-state index in [9.17, 15) is 9.59 Å². The van der Waals surface area contributed by atoms with Gasteiger partial charge in [0.05, 0.1) is 0 Å². The molecule has 0 spiro atoms. The van der Waals surface area contributed by atoms with Gasteiger partial charge >= 0.3 is 0 Å². The smallest absolute Gasteiger partial charge is 0.258 e. The van der Waals surface area contributed by atoms with Gasteiger partial charge in [0.1, 0.15) is 0 Å². The number of piperazine rings is 1. The summed E-state index contributed by atoms with van der Waals surface area (Å²) in [5, 5.41) is 8.01. The van der Waals surface area contributed by atoms with Crippen molar-refractivity contribution in [3.05, 3.63) is 108 Å². The summed E-state index contributed by atoms with van der Waals surface area (Å²) in [5.41, 5.74) is 4.23. The highest BCUT2D eigenvalue weighted by atomic mass is 32.1. The number of rotatable bonds is 4. The van der Waals surface area contributed by atoms with Crippen LogP contribution < -0.4 is 15.5 Å². The van der Waals surface area contributed by atoms with Crippen molar-refractivity contribution in [1.82, 2.24) is 10.2 Å². The van der Waals surface area contributed by atoms with Crippen LogP contribution in [0.15, 0.2) is 91.0 Å². The average Bonchev–Trinajstić information content (AvgIpc) is 2.93. The largest absolute Gasteiger partial charge is 0.368 e. The fourth-order valence-corrected chi connectivity index (χ4v) is 4.87. The fourth-order valence-electron chi connectivity index (χ4n) is 4.66. The van der Waals surface area contributed by atoms with Gasteiger partial charge in [0.25, 0.3) is 11.8 Å². The van der Waals surface area contributed by atoms with Gasteiger partial charge in [-0.25, -0.2) is 0 Å². The Kier molecular flexibility index (Phi) is 7.14. The molecule has 0 radical (unpaired) electrons. The first kappa shape index (κ1) is 24.5. The molecule has 0 saturated carbocycles. The third-order valence-corrected chi connectivity index (χ3v) is 6.90. The molecule has 4 aromatic rings. The van der Waals surface area contributed by atoms with E-state index in [1.807, 2.05) is 96.8 Å². The van der Waals surface area contributed by atoms with E-state index in [2.05, 4.69) is 15.5 Å². The van der Waals surface area contributed by atoms with Crippen LogP contribution in [0.4, 0.5) is 11.4 Å². The number of amides is 2. The van der Waals surface area contributed by atoms with E-state index in [0.717, 1.165) is 46.4 Å². The molecule has 7 heteroatoms. The molecule has 1 saturated heterocycles. The summed E-state index contributed by atoms with van der Waals surface area (Å²) in [4.78, 5) is 29.9. The van der Waals surface area contributed by atoms with Gasteiger partial charge < -0.3 is 15.1 Å². The van der Waals surface area contributed by atoms with Gasteiger partial charge in [0.15, 0.2) is 5.11 Å². The zero-order valence-corrected chi connectivity index (χ0v) is 21.4. The van der Waals surface area contributed by atoms with Gasteiger partial charge in [-0.3, -0.25) is 14.9 Å². The van der Waals surface area contributed by atoms with Crippen LogP contribution in [0.5, 0.6) is 0 Å². The molecule has 1 fully saturated rings. The molecule has 0 aliphatic carbocycles. The topological polar surface area (TPSA) is 64.7 Å². The Labute approximate surface area is 221 Å². The number of hydrogen-bond acceptors (Lipinski definition) is 4.